The van der Waals surface area contributed by atoms with Gasteiger partial charge in [-0.1, -0.05) is 0 Å². The number of β-amino-alcohol motifs (C(OH)–C–C–N with tert-alkyl or cyclic N) is 1. The Labute approximate surface area is 123 Å². The van der Waals surface area contributed by atoms with Gasteiger partial charge >= 0.3 is 0 Å². The van der Waals surface area contributed by atoms with Crippen molar-refractivity contribution in [1.82, 2.24) is 20.0 Å². The molecule has 1 atom stereocenters. The van der Waals surface area contributed by atoms with Crippen LogP contribution >= 0.6 is 0 Å². The van der Waals surface area contributed by atoms with E-state index in [1.165, 1.54) is 19.4 Å². The van der Waals surface area contributed by atoms with Crippen LogP contribution < -0.4 is 5.32 Å². The van der Waals surface area contributed by atoms with Crippen LogP contribution in [0.4, 0.5) is 0 Å². The molecule has 0 saturated carbocycles. The molecule has 5 nitrogen and oxygen atoms in total. The molecule has 0 bridgehead atoms. The molecule has 0 aliphatic carbocycles. The lowest BCUT2D eigenvalue weighted by atomic mass is 9.96. The summed E-state index contributed by atoms with van der Waals surface area (Å²) in [6.07, 6.45) is 2.36. The van der Waals surface area contributed by atoms with Crippen molar-refractivity contribution in [2.24, 2.45) is 5.92 Å². The minimum atomic E-state index is -0.196. The number of nitrogens with one attached hydrogen (secondary N) is 1. The molecule has 0 aromatic rings. The van der Waals surface area contributed by atoms with Crippen molar-refractivity contribution in [2.75, 3.05) is 73.0 Å². The summed E-state index contributed by atoms with van der Waals surface area (Å²) in [6.45, 7) is 9.44. The van der Waals surface area contributed by atoms with Crippen molar-refractivity contribution in [1.29, 1.82) is 0 Å². The molecule has 0 spiro atoms. The molecule has 2 N–H and O–H groups in total. The van der Waals surface area contributed by atoms with Gasteiger partial charge in [-0.2, -0.15) is 0 Å². The smallest absolute Gasteiger partial charge is 0.0793 e. The van der Waals surface area contributed by atoms with E-state index in [0.717, 1.165) is 58.3 Å². The van der Waals surface area contributed by atoms with Gasteiger partial charge in [0.05, 0.1) is 6.10 Å². The average Bonchev–Trinajstić information content (AvgIpc) is 2.41. The molecule has 118 valence electrons. The van der Waals surface area contributed by atoms with Gasteiger partial charge in [0.15, 0.2) is 0 Å². The lowest BCUT2D eigenvalue weighted by molar-refractivity contribution is 0.0546. The Morgan fingerprint density at radius 2 is 1.60 bits per heavy atom. The first-order valence-corrected chi connectivity index (χ1v) is 8.11. The fourth-order valence-electron chi connectivity index (χ4n) is 3.42. The van der Waals surface area contributed by atoms with Gasteiger partial charge < -0.3 is 20.2 Å². The first-order chi connectivity index (χ1) is 9.63. The highest BCUT2D eigenvalue weighted by Gasteiger charge is 2.22. The molecule has 0 aromatic carbocycles. The van der Waals surface area contributed by atoms with E-state index in [4.69, 9.17) is 0 Å². The molecule has 0 amide bonds. The fourth-order valence-corrected chi connectivity index (χ4v) is 3.42. The Bertz CT molecular complexity index is 261. The van der Waals surface area contributed by atoms with Gasteiger partial charge in [0.1, 0.15) is 0 Å². The molecule has 2 aliphatic heterocycles. The van der Waals surface area contributed by atoms with Gasteiger partial charge in [-0.25, -0.2) is 0 Å². The van der Waals surface area contributed by atoms with E-state index in [2.05, 4.69) is 34.1 Å². The molecule has 0 aromatic heterocycles. The Hall–Kier alpha value is -0.200. The normalized spacial score (nSPS) is 25.2. The van der Waals surface area contributed by atoms with Gasteiger partial charge in [0.2, 0.25) is 0 Å². The summed E-state index contributed by atoms with van der Waals surface area (Å²) in [5, 5.41) is 13.6. The second-order valence-electron chi connectivity index (χ2n) is 6.71. The molecule has 1 unspecified atom stereocenters. The van der Waals surface area contributed by atoms with Crippen molar-refractivity contribution >= 4 is 0 Å². The van der Waals surface area contributed by atoms with E-state index in [1.54, 1.807) is 0 Å². The standard InChI is InChI=1S/C15H32N4O/c1-17(2)11-14-3-7-18(8-4-14)12-15(20)13-19-9-5-16-6-10-19/h14-16,20H,3-13H2,1-2H3. The number of likely N-dealkylation sites (tertiary alicyclic amines) is 1. The largest absolute Gasteiger partial charge is 0.390 e. The Kier molecular flexibility index (Phi) is 6.71. The van der Waals surface area contributed by atoms with Crippen LogP contribution in [0.3, 0.4) is 0 Å². The number of hydrogen-bond acceptors (Lipinski definition) is 5. The van der Waals surface area contributed by atoms with Crippen molar-refractivity contribution in [3.63, 3.8) is 0 Å². The summed E-state index contributed by atoms with van der Waals surface area (Å²) in [5.41, 5.74) is 0. The lowest BCUT2D eigenvalue weighted by Crippen LogP contribution is -2.49. The van der Waals surface area contributed by atoms with E-state index in [1.807, 2.05) is 0 Å². The number of hydrogen-bond donors (Lipinski definition) is 2. The monoisotopic (exact) mass is 284 g/mol. The predicted octanol–water partition coefficient (Wildman–Crippen LogP) is -0.474. The maximum Gasteiger partial charge on any atom is 0.0793 e. The van der Waals surface area contributed by atoms with Crippen LogP contribution in [-0.2, 0) is 0 Å². The van der Waals surface area contributed by atoms with Gasteiger partial charge in [-0.3, -0.25) is 4.90 Å². The molecule has 0 radical (unpaired) electrons. The highest BCUT2D eigenvalue weighted by Crippen LogP contribution is 2.17. The van der Waals surface area contributed by atoms with E-state index >= 15 is 0 Å². The van der Waals surface area contributed by atoms with Gasteiger partial charge in [-0.15, -0.1) is 0 Å². The molecule has 2 rings (SSSR count). The van der Waals surface area contributed by atoms with E-state index in [-0.39, 0.29) is 6.10 Å². The molecular weight excluding hydrogens is 252 g/mol. The highest BCUT2D eigenvalue weighted by atomic mass is 16.3. The lowest BCUT2D eigenvalue weighted by Gasteiger charge is -2.35. The van der Waals surface area contributed by atoms with Crippen LogP contribution in [-0.4, -0.2) is 98.9 Å². The molecule has 20 heavy (non-hydrogen) atoms. The van der Waals surface area contributed by atoms with Crippen LogP contribution in [0.5, 0.6) is 0 Å². The number of piperazine rings is 1. The first kappa shape index (κ1) is 16.2. The van der Waals surface area contributed by atoms with Crippen molar-refractivity contribution in [3.05, 3.63) is 0 Å². The minimum Gasteiger partial charge on any atom is -0.390 e. The molecule has 2 saturated heterocycles. The van der Waals surface area contributed by atoms with Crippen LogP contribution in [0.15, 0.2) is 0 Å². The van der Waals surface area contributed by atoms with E-state index < -0.39 is 0 Å². The zero-order valence-electron chi connectivity index (χ0n) is 13.2. The van der Waals surface area contributed by atoms with E-state index in [0.29, 0.717) is 0 Å². The topological polar surface area (TPSA) is 42.0 Å². The average molecular weight is 284 g/mol. The summed E-state index contributed by atoms with van der Waals surface area (Å²) >= 11 is 0. The molecule has 2 fully saturated rings. The summed E-state index contributed by atoms with van der Waals surface area (Å²) in [7, 11) is 4.31. The third-order valence-corrected chi connectivity index (χ3v) is 4.48. The van der Waals surface area contributed by atoms with Crippen molar-refractivity contribution in [2.45, 2.75) is 18.9 Å². The van der Waals surface area contributed by atoms with E-state index in [9.17, 15) is 5.11 Å². The van der Waals surface area contributed by atoms with Crippen molar-refractivity contribution in [3.8, 4) is 0 Å². The second kappa shape index (κ2) is 8.29. The van der Waals surface area contributed by atoms with Gasteiger partial charge in [0, 0.05) is 45.8 Å². The van der Waals surface area contributed by atoms with Crippen LogP contribution in [0, 0.1) is 5.92 Å². The van der Waals surface area contributed by atoms with Crippen LogP contribution in [0.1, 0.15) is 12.8 Å². The SMILES string of the molecule is CN(C)CC1CCN(CC(O)CN2CCNCC2)CC1. The first-order valence-electron chi connectivity index (χ1n) is 8.11. The van der Waals surface area contributed by atoms with Gasteiger partial charge in [-0.05, 0) is 45.9 Å². The number of nitrogens with zero attached hydrogens (tertiary/aromatic N) is 3. The minimum absolute atomic E-state index is 0.196. The second-order valence-corrected chi connectivity index (χ2v) is 6.71. The summed E-state index contributed by atoms with van der Waals surface area (Å²) in [4.78, 5) is 7.11. The molecular formula is C15H32N4O. The zero-order valence-corrected chi connectivity index (χ0v) is 13.2. The zero-order chi connectivity index (χ0) is 14.4. The summed E-state index contributed by atoms with van der Waals surface area (Å²) < 4.78 is 0. The molecule has 2 aliphatic rings. The number of aliphatic hydroxyl groups excluding tert-OH is 1. The highest BCUT2D eigenvalue weighted by molar-refractivity contribution is 4.78. The maximum absolute atomic E-state index is 10.3. The van der Waals surface area contributed by atoms with Gasteiger partial charge in [0.25, 0.3) is 0 Å². The summed E-state index contributed by atoms with van der Waals surface area (Å²) in [5.74, 6) is 0.839. The van der Waals surface area contributed by atoms with Crippen LogP contribution in [0.2, 0.25) is 0 Å². The Balaban J connectivity index is 1.61. The van der Waals surface area contributed by atoms with Crippen LogP contribution in [0.25, 0.3) is 0 Å². The number of aliphatic hydroxyl groups is 1. The number of rotatable bonds is 6. The molecule has 2 heterocycles. The van der Waals surface area contributed by atoms with Crippen molar-refractivity contribution < 1.29 is 5.11 Å². The Morgan fingerprint density at radius 1 is 1.05 bits per heavy atom. The molecule has 5 heteroatoms. The fraction of sp³-hybridized carbons (Fsp3) is 1.00. The number of piperidine rings is 1. The quantitative estimate of drug-likeness (QED) is 0.690. The third kappa shape index (κ3) is 5.66. The summed E-state index contributed by atoms with van der Waals surface area (Å²) in [6, 6.07) is 0. The third-order valence-electron chi connectivity index (χ3n) is 4.48. The Morgan fingerprint density at radius 3 is 2.15 bits per heavy atom. The maximum atomic E-state index is 10.3. The predicted molar refractivity (Wildman–Crippen MR) is 83.0 cm³/mol.